The Hall–Kier alpha value is -5.05. The second kappa shape index (κ2) is 22.3. The van der Waals surface area contributed by atoms with Crippen LogP contribution in [0.15, 0.2) is 78.5 Å². The van der Waals surface area contributed by atoms with Crippen LogP contribution < -0.4 is 24.3 Å². The third-order valence-electron chi connectivity index (χ3n) is 11.6. The SMILES string of the molecule is C=CCCOC(=O)N(CCC)[C@H]1CC(=NOC(C)(C)C)C2=C[C@H](CCCCO)[C@@H](CCCCO)[C@@H]3c4cc(OC(=O)Nc5ccc(OC)cc5OC)ccc4O[C@@]1(OCC=C)[C@H]23. The van der Waals surface area contributed by atoms with Crippen LogP contribution >= 0.6 is 0 Å². The van der Waals surface area contributed by atoms with E-state index in [0.29, 0.717) is 60.9 Å². The lowest BCUT2D eigenvalue weighted by Gasteiger charge is -2.60. The number of hydrogen-bond donors (Lipinski definition) is 3. The number of anilines is 1. The number of methoxy groups -OCH3 is 2. The van der Waals surface area contributed by atoms with Crippen LogP contribution in [0.5, 0.6) is 23.0 Å². The number of carbonyl (C=O) groups excluding carboxylic acids is 2. The van der Waals surface area contributed by atoms with Crippen molar-refractivity contribution in [1.82, 2.24) is 4.90 Å². The monoisotopic (exact) mass is 861 g/mol. The van der Waals surface area contributed by atoms with Gasteiger partial charge in [0.2, 0.25) is 5.79 Å². The van der Waals surface area contributed by atoms with E-state index in [1.54, 1.807) is 54.5 Å². The molecule has 14 nitrogen and oxygen atoms in total. The molecule has 340 valence electrons. The summed E-state index contributed by atoms with van der Waals surface area (Å²) in [6.07, 6.45) is 10.1. The molecule has 1 heterocycles. The lowest BCUT2D eigenvalue weighted by molar-refractivity contribution is -0.255. The molecule has 3 aliphatic rings. The molecule has 2 aromatic rings. The lowest BCUT2D eigenvalue weighted by atomic mass is 9.55. The number of nitrogens with one attached hydrogen (secondary N) is 1. The number of amides is 2. The third kappa shape index (κ3) is 11.3. The van der Waals surface area contributed by atoms with Crippen LogP contribution in [0.4, 0.5) is 15.3 Å². The second-order valence-corrected chi connectivity index (χ2v) is 16.9. The summed E-state index contributed by atoms with van der Waals surface area (Å²) in [5.41, 5.74) is 2.15. The first-order valence-corrected chi connectivity index (χ1v) is 21.9. The molecule has 0 saturated heterocycles. The molecule has 6 atom stereocenters. The molecule has 0 unspecified atom stereocenters. The van der Waals surface area contributed by atoms with Crippen molar-refractivity contribution in [3.8, 4) is 23.0 Å². The highest BCUT2D eigenvalue weighted by Crippen LogP contribution is 2.62. The van der Waals surface area contributed by atoms with Crippen molar-refractivity contribution in [1.29, 1.82) is 0 Å². The summed E-state index contributed by atoms with van der Waals surface area (Å²) >= 11 is 0. The van der Waals surface area contributed by atoms with Crippen LogP contribution in [0.25, 0.3) is 0 Å². The summed E-state index contributed by atoms with van der Waals surface area (Å²) in [6, 6.07) is 9.64. The Kier molecular flexibility index (Phi) is 17.3. The molecule has 62 heavy (non-hydrogen) atoms. The molecule has 3 N–H and O–H groups in total. The molecule has 0 radical (unpaired) electrons. The van der Waals surface area contributed by atoms with Crippen molar-refractivity contribution in [3.63, 3.8) is 0 Å². The van der Waals surface area contributed by atoms with E-state index >= 15 is 0 Å². The van der Waals surface area contributed by atoms with Crippen LogP contribution in [-0.4, -0.2) is 97.6 Å². The van der Waals surface area contributed by atoms with E-state index in [4.69, 9.17) is 38.4 Å². The molecule has 1 fully saturated rings. The summed E-state index contributed by atoms with van der Waals surface area (Å²) in [6.45, 7) is 16.4. The van der Waals surface area contributed by atoms with Gasteiger partial charge in [0, 0.05) is 43.7 Å². The number of rotatable bonds is 22. The van der Waals surface area contributed by atoms with Gasteiger partial charge in [0.15, 0.2) is 0 Å². The largest absolute Gasteiger partial charge is 0.497 e. The minimum atomic E-state index is -1.46. The summed E-state index contributed by atoms with van der Waals surface area (Å²) in [7, 11) is 3.05. The summed E-state index contributed by atoms with van der Waals surface area (Å²) < 4.78 is 36.9. The van der Waals surface area contributed by atoms with Crippen LogP contribution in [0, 0.1) is 17.8 Å². The molecule has 2 aliphatic carbocycles. The highest BCUT2D eigenvalue weighted by atomic mass is 16.7. The Bertz CT molecular complexity index is 1910. The molecule has 14 heteroatoms. The number of allylic oxidation sites excluding steroid dienone is 1. The number of oxime groups is 1. The molecule has 0 bridgehead atoms. The van der Waals surface area contributed by atoms with Gasteiger partial charge in [-0.2, -0.15) is 0 Å². The van der Waals surface area contributed by atoms with E-state index in [9.17, 15) is 19.8 Å². The molecule has 1 aliphatic heterocycles. The van der Waals surface area contributed by atoms with Crippen molar-refractivity contribution in [2.75, 3.05) is 52.5 Å². The number of fused-ring (bicyclic) bond motifs is 2. The number of carbonyl (C=O) groups is 2. The fraction of sp³-hybridized carbons (Fsp3) is 0.562. The van der Waals surface area contributed by atoms with Crippen molar-refractivity contribution < 1.29 is 53.1 Å². The Balaban J connectivity index is 1.73. The Morgan fingerprint density at radius 2 is 1.74 bits per heavy atom. The molecule has 1 saturated carbocycles. The fourth-order valence-corrected chi connectivity index (χ4v) is 8.98. The summed E-state index contributed by atoms with van der Waals surface area (Å²) in [4.78, 5) is 35.7. The molecular formula is C48H67N3O11. The standard InChI is InChI=1S/C48H67N3O11/c1-9-12-27-58-46(55)51(23-10-2)42-31-39(50-62-47(4,5)6)36-28-32(17-13-15-24-52)35(18-14-16-25-53)43-37-29-34(20-22-40(37)61-48(42,44(36)43)59-26-11-3)60-45(54)49-38-21-19-33(56-7)30-41(38)57-8/h9,11,19-22,28-30,32,35,42-44,52-53H,1,3,10,12-18,23-27,31H2,2,4-8H3,(H,49,54)/t32-,35+,42-,43+,44+,48+/m0/s1. The summed E-state index contributed by atoms with van der Waals surface area (Å²) in [5.74, 6) is -0.559. The van der Waals surface area contributed by atoms with Gasteiger partial charge < -0.3 is 43.5 Å². The predicted molar refractivity (Wildman–Crippen MR) is 238 cm³/mol. The van der Waals surface area contributed by atoms with Gasteiger partial charge in [-0.05, 0) is 107 Å². The first kappa shape index (κ1) is 48.0. The van der Waals surface area contributed by atoms with E-state index in [2.05, 4.69) is 24.6 Å². The van der Waals surface area contributed by atoms with Gasteiger partial charge in [-0.1, -0.05) is 43.1 Å². The number of benzene rings is 2. The van der Waals surface area contributed by atoms with E-state index in [1.807, 2.05) is 33.8 Å². The van der Waals surface area contributed by atoms with Gasteiger partial charge in [-0.3, -0.25) is 10.2 Å². The van der Waals surface area contributed by atoms with Gasteiger partial charge >= 0.3 is 12.2 Å². The molecule has 5 rings (SSSR count). The number of hydrogen-bond acceptors (Lipinski definition) is 12. The van der Waals surface area contributed by atoms with Gasteiger partial charge in [0.1, 0.15) is 34.6 Å². The van der Waals surface area contributed by atoms with Crippen molar-refractivity contribution in [3.05, 3.63) is 78.9 Å². The van der Waals surface area contributed by atoms with E-state index in [-0.39, 0.29) is 56.4 Å². The quantitative estimate of drug-likeness (QED) is 0.0587. The van der Waals surface area contributed by atoms with Crippen molar-refractivity contribution in [2.24, 2.45) is 22.9 Å². The number of unbranched alkanes of at least 4 members (excludes halogenated alkanes) is 2. The van der Waals surface area contributed by atoms with E-state index in [1.165, 1.54) is 7.11 Å². The van der Waals surface area contributed by atoms with Crippen LogP contribution in [0.1, 0.15) is 97.0 Å². The van der Waals surface area contributed by atoms with Crippen LogP contribution in [-0.2, 0) is 14.3 Å². The molecule has 0 spiro atoms. The highest BCUT2D eigenvalue weighted by Gasteiger charge is 2.65. The minimum Gasteiger partial charge on any atom is -0.497 e. The fourth-order valence-electron chi connectivity index (χ4n) is 8.98. The van der Waals surface area contributed by atoms with Gasteiger partial charge in [0.25, 0.3) is 0 Å². The number of aliphatic hydroxyl groups excluding tert-OH is 2. The minimum absolute atomic E-state index is 0.0157. The first-order chi connectivity index (χ1) is 29.9. The Morgan fingerprint density at radius 1 is 1.00 bits per heavy atom. The van der Waals surface area contributed by atoms with Crippen LogP contribution in [0.2, 0.25) is 0 Å². The maximum Gasteiger partial charge on any atom is 0.417 e. The Labute approximate surface area is 366 Å². The number of nitrogens with zero attached hydrogens (tertiary/aromatic N) is 2. The average Bonchev–Trinajstić information content (AvgIpc) is 3.25. The van der Waals surface area contributed by atoms with E-state index < -0.39 is 35.5 Å². The van der Waals surface area contributed by atoms with E-state index in [0.717, 1.165) is 36.8 Å². The first-order valence-electron chi connectivity index (χ1n) is 21.9. The second-order valence-electron chi connectivity index (χ2n) is 16.9. The predicted octanol–water partition coefficient (Wildman–Crippen LogP) is 9.17. The lowest BCUT2D eigenvalue weighted by Crippen LogP contribution is -2.70. The molecular weight excluding hydrogens is 795 g/mol. The van der Waals surface area contributed by atoms with Gasteiger partial charge in [-0.25, -0.2) is 9.59 Å². The molecule has 2 aromatic carbocycles. The van der Waals surface area contributed by atoms with Crippen molar-refractivity contribution >= 4 is 23.6 Å². The average molecular weight is 862 g/mol. The van der Waals surface area contributed by atoms with Crippen LogP contribution in [0.3, 0.4) is 0 Å². The third-order valence-corrected chi connectivity index (χ3v) is 11.6. The molecule has 2 amide bonds. The maximum atomic E-state index is 14.2. The maximum absolute atomic E-state index is 14.2. The summed E-state index contributed by atoms with van der Waals surface area (Å²) in [5, 5.41) is 27.5. The van der Waals surface area contributed by atoms with Gasteiger partial charge in [0.05, 0.1) is 44.8 Å². The van der Waals surface area contributed by atoms with Crippen molar-refractivity contribution in [2.45, 2.75) is 109 Å². The number of ether oxygens (including phenoxy) is 6. The molecule has 0 aromatic heterocycles. The topological polar surface area (TPSA) is 167 Å². The normalized spacial score (nSPS) is 23.1. The zero-order valence-electron chi connectivity index (χ0n) is 37.4. The zero-order valence-corrected chi connectivity index (χ0v) is 37.4. The van der Waals surface area contributed by atoms with Gasteiger partial charge in [-0.15, -0.1) is 13.2 Å². The zero-order chi connectivity index (χ0) is 44.9. The highest BCUT2D eigenvalue weighted by molar-refractivity contribution is 6.03. The number of aliphatic hydroxyl groups is 2. The Morgan fingerprint density at radius 3 is 2.40 bits per heavy atom. The smallest absolute Gasteiger partial charge is 0.417 e.